The molecule has 0 saturated heterocycles. The monoisotopic (exact) mass is 181 g/mol. The predicted molar refractivity (Wildman–Crippen MR) is 54.6 cm³/mol. The highest BCUT2D eigenvalue weighted by atomic mass is 14.9. The lowest BCUT2D eigenvalue weighted by Crippen LogP contribution is -2.32. The van der Waals surface area contributed by atoms with Gasteiger partial charge < -0.3 is 10.3 Å². The molecule has 0 aromatic carbocycles. The van der Waals surface area contributed by atoms with E-state index in [2.05, 4.69) is 36.1 Å². The van der Waals surface area contributed by atoms with Crippen molar-refractivity contribution in [3.63, 3.8) is 0 Å². The van der Waals surface area contributed by atoms with Crippen LogP contribution in [0.2, 0.25) is 0 Å². The molecule has 0 amide bonds. The van der Waals surface area contributed by atoms with Crippen molar-refractivity contribution in [3.8, 4) is 0 Å². The van der Waals surface area contributed by atoms with E-state index in [1.165, 1.54) is 5.69 Å². The summed E-state index contributed by atoms with van der Waals surface area (Å²) in [6.45, 7) is 7.70. The van der Waals surface area contributed by atoms with Gasteiger partial charge in [0.1, 0.15) is 0 Å². The molecule has 3 heteroatoms. The molecular formula is C10H19N3. The van der Waals surface area contributed by atoms with Gasteiger partial charge in [-0.25, -0.2) is 4.98 Å². The van der Waals surface area contributed by atoms with E-state index in [-0.39, 0.29) is 0 Å². The molecule has 0 aliphatic carbocycles. The quantitative estimate of drug-likeness (QED) is 0.724. The van der Waals surface area contributed by atoms with E-state index >= 15 is 0 Å². The Morgan fingerprint density at radius 1 is 1.46 bits per heavy atom. The van der Waals surface area contributed by atoms with Crippen molar-refractivity contribution in [2.45, 2.75) is 33.2 Å². The normalized spacial score (nSPS) is 13.5. The molecule has 1 aromatic heterocycles. The number of hydrogen-bond acceptors (Lipinski definition) is 2. The SMILES string of the molecule is CC(C)C(C)NCCc1cnc[nH]1. The van der Waals surface area contributed by atoms with Crippen LogP contribution in [0.3, 0.4) is 0 Å². The summed E-state index contributed by atoms with van der Waals surface area (Å²) < 4.78 is 0. The Kier molecular flexibility index (Phi) is 3.96. The lowest BCUT2D eigenvalue weighted by molar-refractivity contribution is 0.429. The maximum Gasteiger partial charge on any atom is 0.0921 e. The van der Waals surface area contributed by atoms with Crippen LogP contribution < -0.4 is 5.32 Å². The summed E-state index contributed by atoms with van der Waals surface area (Å²) in [5.41, 5.74) is 1.20. The summed E-state index contributed by atoms with van der Waals surface area (Å²) in [5, 5.41) is 3.47. The summed E-state index contributed by atoms with van der Waals surface area (Å²) >= 11 is 0. The van der Waals surface area contributed by atoms with Crippen molar-refractivity contribution < 1.29 is 0 Å². The molecule has 1 unspecified atom stereocenters. The van der Waals surface area contributed by atoms with Crippen molar-refractivity contribution in [2.24, 2.45) is 5.92 Å². The van der Waals surface area contributed by atoms with E-state index in [4.69, 9.17) is 0 Å². The standard InChI is InChI=1S/C10H19N3/c1-8(2)9(3)12-5-4-10-6-11-7-13-10/h6-9,12H,4-5H2,1-3H3,(H,11,13). The van der Waals surface area contributed by atoms with Gasteiger partial charge in [0.15, 0.2) is 0 Å². The molecule has 0 spiro atoms. The van der Waals surface area contributed by atoms with Crippen LogP contribution in [0, 0.1) is 5.92 Å². The first-order valence-corrected chi connectivity index (χ1v) is 4.90. The van der Waals surface area contributed by atoms with E-state index in [0.717, 1.165) is 13.0 Å². The van der Waals surface area contributed by atoms with E-state index < -0.39 is 0 Å². The molecule has 1 aromatic rings. The lowest BCUT2D eigenvalue weighted by Gasteiger charge is -2.16. The van der Waals surface area contributed by atoms with Gasteiger partial charge in [-0.05, 0) is 12.8 Å². The van der Waals surface area contributed by atoms with Gasteiger partial charge in [-0.3, -0.25) is 0 Å². The topological polar surface area (TPSA) is 40.7 Å². The number of hydrogen-bond donors (Lipinski definition) is 2. The summed E-state index contributed by atoms with van der Waals surface area (Å²) in [6.07, 6.45) is 4.62. The molecule has 1 heterocycles. The number of nitrogens with zero attached hydrogens (tertiary/aromatic N) is 1. The van der Waals surface area contributed by atoms with Gasteiger partial charge >= 0.3 is 0 Å². The smallest absolute Gasteiger partial charge is 0.0921 e. The van der Waals surface area contributed by atoms with Crippen molar-refractivity contribution in [1.29, 1.82) is 0 Å². The van der Waals surface area contributed by atoms with Crippen LogP contribution in [0.25, 0.3) is 0 Å². The predicted octanol–water partition coefficient (Wildman–Crippen LogP) is 1.59. The Bertz CT molecular complexity index is 216. The number of H-pyrrole nitrogens is 1. The minimum absolute atomic E-state index is 0.586. The van der Waals surface area contributed by atoms with E-state index in [1.807, 2.05) is 6.20 Å². The van der Waals surface area contributed by atoms with E-state index in [0.29, 0.717) is 12.0 Å². The zero-order valence-corrected chi connectivity index (χ0v) is 8.67. The molecule has 74 valence electrons. The minimum atomic E-state index is 0.586. The molecular weight excluding hydrogens is 162 g/mol. The zero-order chi connectivity index (χ0) is 9.68. The zero-order valence-electron chi connectivity index (χ0n) is 8.67. The largest absolute Gasteiger partial charge is 0.348 e. The molecule has 0 aliphatic heterocycles. The Morgan fingerprint density at radius 3 is 2.77 bits per heavy atom. The van der Waals surface area contributed by atoms with Crippen LogP contribution in [0.1, 0.15) is 26.5 Å². The fourth-order valence-corrected chi connectivity index (χ4v) is 1.09. The second-order valence-electron chi connectivity index (χ2n) is 3.81. The molecule has 0 bridgehead atoms. The van der Waals surface area contributed by atoms with Crippen LogP contribution >= 0.6 is 0 Å². The molecule has 0 aliphatic rings. The lowest BCUT2D eigenvalue weighted by atomic mass is 10.1. The molecule has 13 heavy (non-hydrogen) atoms. The number of imidazole rings is 1. The van der Waals surface area contributed by atoms with Crippen LogP contribution in [-0.2, 0) is 6.42 Å². The van der Waals surface area contributed by atoms with Crippen LogP contribution in [0.5, 0.6) is 0 Å². The van der Waals surface area contributed by atoms with Gasteiger partial charge in [0.05, 0.1) is 6.33 Å². The first-order chi connectivity index (χ1) is 6.20. The van der Waals surface area contributed by atoms with E-state index in [1.54, 1.807) is 6.33 Å². The fourth-order valence-electron chi connectivity index (χ4n) is 1.09. The first kappa shape index (κ1) is 10.3. The number of aromatic nitrogens is 2. The van der Waals surface area contributed by atoms with Gasteiger partial charge in [-0.15, -0.1) is 0 Å². The van der Waals surface area contributed by atoms with Gasteiger partial charge in [0.2, 0.25) is 0 Å². The maximum absolute atomic E-state index is 3.97. The highest BCUT2D eigenvalue weighted by Gasteiger charge is 2.04. The Labute approximate surface area is 80.0 Å². The number of nitrogens with one attached hydrogen (secondary N) is 2. The highest BCUT2D eigenvalue weighted by molar-refractivity contribution is 4.94. The van der Waals surface area contributed by atoms with Crippen molar-refractivity contribution in [3.05, 3.63) is 18.2 Å². The van der Waals surface area contributed by atoms with Crippen molar-refractivity contribution >= 4 is 0 Å². The average Bonchev–Trinajstić information content (AvgIpc) is 2.56. The first-order valence-electron chi connectivity index (χ1n) is 4.90. The molecule has 0 fully saturated rings. The van der Waals surface area contributed by atoms with Gasteiger partial charge in [-0.1, -0.05) is 13.8 Å². The highest BCUT2D eigenvalue weighted by Crippen LogP contribution is 1.99. The second-order valence-corrected chi connectivity index (χ2v) is 3.81. The van der Waals surface area contributed by atoms with Crippen LogP contribution in [0.15, 0.2) is 12.5 Å². The second kappa shape index (κ2) is 5.02. The summed E-state index contributed by atoms with van der Waals surface area (Å²) in [6, 6.07) is 0.586. The van der Waals surface area contributed by atoms with Gasteiger partial charge in [0, 0.05) is 30.9 Å². The summed E-state index contributed by atoms with van der Waals surface area (Å²) in [4.78, 5) is 7.06. The Balaban J connectivity index is 2.14. The van der Waals surface area contributed by atoms with Crippen LogP contribution in [0.4, 0.5) is 0 Å². The Morgan fingerprint density at radius 2 is 2.23 bits per heavy atom. The Hall–Kier alpha value is -0.830. The maximum atomic E-state index is 3.97. The van der Waals surface area contributed by atoms with Gasteiger partial charge in [-0.2, -0.15) is 0 Å². The molecule has 0 radical (unpaired) electrons. The average molecular weight is 181 g/mol. The van der Waals surface area contributed by atoms with Crippen molar-refractivity contribution in [2.75, 3.05) is 6.54 Å². The summed E-state index contributed by atoms with van der Waals surface area (Å²) in [7, 11) is 0. The third-order valence-electron chi connectivity index (χ3n) is 2.42. The van der Waals surface area contributed by atoms with E-state index in [9.17, 15) is 0 Å². The molecule has 0 saturated carbocycles. The number of rotatable bonds is 5. The minimum Gasteiger partial charge on any atom is -0.348 e. The number of aromatic amines is 1. The third kappa shape index (κ3) is 3.59. The third-order valence-corrected chi connectivity index (χ3v) is 2.42. The summed E-state index contributed by atoms with van der Waals surface area (Å²) in [5.74, 6) is 0.696. The molecule has 1 rings (SSSR count). The van der Waals surface area contributed by atoms with Crippen molar-refractivity contribution in [1.82, 2.24) is 15.3 Å². The molecule has 2 N–H and O–H groups in total. The molecule has 1 atom stereocenters. The van der Waals surface area contributed by atoms with Gasteiger partial charge in [0.25, 0.3) is 0 Å². The molecule has 3 nitrogen and oxygen atoms in total. The fraction of sp³-hybridized carbons (Fsp3) is 0.700. The van der Waals surface area contributed by atoms with Crippen LogP contribution in [-0.4, -0.2) is 22.6 Å².